The molecule has 0 saturated carbocycles. The molecule has 0 atom stereocenters. The molecule has 1 aromatic carbocycles. The van der Waals surface area contributed by atoms with Crippen molar-refractivity contribution in [2.45, 2.75) is 0 Å². The Morgan fingerprint density at radius 3 is 2.61 bits per heavy atom. The number of anilines is 1. The van der Waals surface area contributed by atoms with Gasteiger partial charge in [0.2, 0.25) is 0 Å². The maximum atomic E-state index is 13.4. The number of hydrogen-bond acceptors (Lipinski definition) is 2. The van der Waals surface area contributed by atoms with Crippen LogP contribution in [0.3, 0.4) is 0 Å². The number of aromatic nitrogens is 1. The summed E-state index contributed by atoms with van der Waals surface area (Å²) in [7, 11) is 1.63. The summed E-state index contributed by atoms with van der Waals surface area (Å²) in [6.07, 6.45) is 3.19. The Bertz CT molecular complexity index is 574. The van der Waals surface area contributed by atoms with Gasteiger partial charge in [-0.2, -0.15) is 0 Å². The molecule has 0 aliphatic rings. The van der Waals surface area contributed by atoms with Gasteiger partial charge in [-0.3, -0.25) is 9.78 Å². The van der Waals surface area contributed by atoms with Gasteiger partial charge in [0, 0.05) is 25.1 Å². The highest BCUT2D eigenvalue weighted by molar-refractivity contribution is 9.10. The van der Waals surface area contributed by atoms with Gasteiger partial charge < -0.3 is 4.90 Å². The summed E-state index contributed by atoms with van der Waals surface area (Å²) >= 11 is 3.09. The Morgan fingerprint density at radius 1 is 1.28 bits per heavy atom. The number of amides is 1. The highest BCUT2D eigenvalue weighted by Gasteiger charge is 2.17. The van der Waals surface area contributed by atoms with Gasteiger partial charge in [-0.1, -0.05) is 6.07 Å². The molecule has 0 radical (unpaired) electrons. The molecule has 0 bridgehead atoms. The molecule has 0 saturated heterocycles. The lowest BCUT2D eigenvalue weighted by Gasteiger charge is -2.17. The lowest BCUT2D eigenvalue weighted by atomic mass is 10.2. The van der Waals surface area contributed by atoms with E-state index < -0.39 is 5.82 Å². The van der Waals surface area contributed by atoms with Crippen molar-refractivity contribution < 1.29 is 9.18 Å². The van der Waals surface area contributed by atoms with Crippen LogP contribution in [0, 0.1) is 5.82 Å². The normalized spacial score (nSPS) is 10.2. The highest BCUT2D eigenvalue weighted by Crippen LogP contribution is 2.23. The molecule has 18 heavy (non-hydrogen) atoms. The number of pyridine rings is 1. The molecule has 2 rings (SSSR count). The van der Waals surface area contributed by atoms with Gasteiger partial charge in [-0.05, 0) is 40.2 Å². The maximum Gasteiger partial charge on any atom is 0.259 e. The van der Waals surface area contributed by atoms with Crippen molar-refractivity contribution in [1.29, 1.82) is 0 Å². The van der Waals surface area contributed by atoms with Crippen LogP contribution in [0.25, 0.3) is 0 Å². The van der Waals surface area contributed by atoms with Crippen molar-refractivity contribution in [1.82, 2.24) is 4.98 Å². The minimum Gasteiger partial charge on any atom is -0.311 e. The van der Waals surface area contributed by atoms with Crippen molar-refractivity contribution >= 4 is 27.5 Å². The molecule has 2 aromatic rings. The first-order valence-corrected chi connectivity index (χ1v) is 6.02. The molecule has 0 aliphatic heterocycles. The predicted molar refractivity (Wildman–Crippen MR) is 71.1 cm³/mol. The second-order valence-corrected chi connectivity index (χ2v) is 4.46. The minimum absolute atomic E-state index is 0.177. The molecule has 5 heteroatoms. The summed E-state index contributed by atoms with van der Waals surface area (Å²) in [5.74, 6) is -0.739. The molecule has 0 fully saturated rings. The molecule has 1 aromatic heterocycles. The minimum atomic E-state index is -0.455. The SMILES string of the molecule is CN(C(=O)c1cccc(F)c1Br)c1ccncc1. The lowest BCUT2D eigenvalue weighted by molar-refractivity contribution is 0.0991. The van der Waals surface area contributed by atoms with Crippen LogP contribution >= 0.6 is 15.9 Å². The van der Waals surface area contributed by atoms with Crippen LogP contribution in [-0.4, -0.2) is 17.9 Å². The van der Waals surface area contributed by atoms with Crippen molar-refractivity contribution in [2.75, 3.05) is 11.9 Å². The fraction of sp³-hybridized carbons (Fsp3) is 0.0769. The van der Waals surface area contributed by atoms with E-state index >= 15 is 0 Å². The zero-order valence-electron chi connectivity index (χ0n) is 9.60. The van der Waals surface area contributed by atoms with E-state index in [1.165, 1.54) is 17.0 Å². The van der Waals surface area contributed by atoms with Crippen molar-refractivity contribution in [3.05, 3.63) is 58.6 Å². The average molecular weight is 309 g/mol. The summed E-state index contributed by atoms with van der Waals surface area (Å²) in [5.41, 5.74) is 0.987. The fourth-order valence-electron chi connectivity index (χ4n) is 1.53. The van der Waals surface area contributed by atoms with Gasteiger partial charge in [-0.15, -0.1) is 0 Å². The predicted octanol–water partition coefficient (Wildman–Crippen LogP) is 3.26. The molecule has 0 N–H and O–H groups in total. The van der Waals surface area contributed by atoms with Crippen molar-refractivity contribution in [3.8, 4) is 0 Å². The monoisotopic (exact) mass is 308 g/mol. The first-order chi connectivity index (χ1) is 8.61. The molecule has 0 aliphatic carbocycles. The summed E-state index contributed by atoms with van der Waals surface area (Å²) in [4.78, 5) is 17.6. The maximum absolute atomic E-state index is 13.4. The quantitative estimate of drug-likeness (QED) is 0.853. The second-order valence-electron chi connectivity index (χ2n) is 3.67. The molecular weight excluding hydrogens is 299 g/mol. The van der Waals surface area contributed by atoms with E-state index in [-0.39, 0.29) is 15.9 Å². The lowest BCUT2D eigenvalue weighted by Crippen LogP contribution is -2.26. The van der Waals surface area contributed by atoms with E-state index in [9.17, 15) is 9.18 Å². The third kappa shape index (κ3) is 2.41. The number of nitrogens with zero attached hydrogens (tertiary/aromatic N) is 2. The number of halogens is 2. The van der Waals surface area contributed by atoms with E-state index in [1.807, 2.05) is 0 Å². The zero-order valence-corrected chi connectivity index (χ0v) is 11.2. The van der Waals surface area contributed by atoms with Gasteiger partial charge in [-0.25, -0.2) is 4.39 Å². The second kappa shape index (κ2) is 5.27. The molecule has 1 amide bonds. The van der Waals surface area contributed by atoms with Gasteiger partial charge in [0.1, 0.15) is 5.82 Å². The number of carbonyl (C=O) groups is 1. The van der Waals surface area contributed by atoms with Gasteiger partial charge >= 0.3 is 0 Å². The standard InChI is InChI=1S/C13H10BrFN2O/c1-17(9-5-7-16-8-6-9)13(18)10-3-2-4-11(15)12(10)14/h2-8H,1H3. The Labute approximate surface area is 112 Å². The van der Waals surface area contributed by atoms with Crippen LogP contribution in [0.2, 0.25) is 0 Å². The van der Waals surface area contributed by atoms with Gasteiger partial charge in [0.15, 0.2) is 0 Å². The largest absolute Gasteiger partial charge is 0.311 e. The first-order valence-electron chi connectivity index (χ1n) is 5.23. The molecule has 3 nitrogen and oxygen atoms in total. The zero-order chi connectivity index (χ0) is 13.1. The summed E-state index contributed by atoms with van der Waals surface area (Å²) in [6, 6.07) is 7.81. The van der Waals surface area contributed by atoms with Crippen LogP contribution < -0.4 is 4.90 Å². The van der Waals surface area contributed by atoms with E-state index in [4.69, 9.17) is 0 Å². The smallest absolute Gasteiger partial charge is 0.259 e. The highest BCUT2D eigenvalue weighted by atomic mass is 79.9. The Hall–Kier alpha value is -1.75. The van der Waals surface area contributed by atoms with Gasteiger partial charge in [0.05, 0.1) is 10.0 Å². The van der Waals surface area contributed by atoms with Crippen molar-refractivity contribution in [3.63, 3.8) is 0 Å². The molecule has 92 valence electrons. The first kappa shape index (κ1) is 12.7. The molecule has 0 spiro atoms. The van der Waals surface area contributed by atoms with Crippen LogP contribution in [0.15, 0.2) is 47.2 Å². The number of benzene rings is 1. The molecular formula is C13H10BrFN2O. The Morgan fingerprint density at radius 2 is 1.94 bits per heavy atom. The van der Waals surface area contributed by atoms with Crippen LogP contribution in [0.1, 0.15) is 10.4 Å². The third-order valence-electron chi connectivity index (χ3n) is 2.54. The van der Waals surface area contributed by atoms with E-state index in [1.54, 1.807) is 37.6 Å². The van der Waals surface area contributed by atoms with E-state index in [0.717, 1.165) is 0 Å². The van der Waals surface area contributed by atoms with Crippen LogP contribution in [0.5, 0.6) is 0 Å². The average Bonchev–Trinajstić information content (AvgIpc) is 2.41. The van der Waals surface area contributed by atoms with Gasteiger partial charge in [0.25, 0.3) is 5.91 Å². The summed E-state index contributed by atoms with van der Waals surface area (Å²) in [5, 5.41) is 0. The fourth-order valence-corrected chi connectivity index (χ4v) is 1.97. The van der Waals surface area contributed by atoms with Crippen molar-refractivity contribution in [2.24, 2.45) is 0 Å². The third-order valence-corrected chi connectivity index (χ3v) is 3.34. The van der Waals surface area contributed by atoms with Crippen LogP contribution in [-0.2, 0) is 0 Å². The number of carbonyl (C=O) groups excluding carboxylic acids is 1. The number of hydrogen-bond donors (Lipinski definition) is 0. The number of rotatable bonds is 2. The molecule has 0 unspecified atom stereocenters. The van der Waals surface area contributed by atoms with Crippen LogP contribution in [0.4, 0.5) is 10.1 Å². The summed E-state index contributed by atoms with van der Waals surface area (Å²) < 4.78 is 13.6. The Balaban J connectivity index is 2.35. The van der Waals surface area contributed by atoms with E-state index in [0.29, 0.717) is 5.69 Å². The van der Waals surface area contributed by atoms with E-state index in [2.05, 4.69) is 20.9 Å². The summed E-state index contributed by atoms with van der Waals surface area (Å²) in [6.45, 7) is 0. The molecule has 1 heterocycles. The topological polar surface area (TPSA) is 33.2 Å². The Kier molecular flexibility index (Phi) is 3.72.